The van der Waals surface area contributed by atoms with Crippen LogP contribution in [0.3, 0.4) is 0 Å². The van der Waals surface area contributed by atoms with Crippen molar-refractivity contribution in [2.75, 3.05) is 18.4 Å². The molecule has 6 heteroatoms. The smallest absolute Gasteiger partial charge is 0.165 e. The van der Waals surface area contributed by atoms with E-state index in [9.17, 15) is 4.39 Å². The molecule has 4 rings (SSSR count). The minimum absolute atomic E-state index is 0.0797. The SMILES string of the molecule is Fc1c(Cl)cccc1Nc1ncnc2ccc([C@H]3CCNC3)cc12. The number of nitrogens with zero attached hydrogens (tertiary/aromatic N) is 2. The number of anilines is 2. The summed E-state index contributed by atoms with van der Waals surface area (Å²) in [5.41, 5.74) is 2.37. The van der Waals surface area contributed by atoms with Gasteiger partial charge in [-0.1, -0.05) is 23.7 Å². The second kappa shape index (κ2) is 6.34. The molecule has 0 unspecified atom stereocenters. The third-order valence-electron chi connectivity index (χ3n) is 4.40. The Hall–Kier alpha value is -2.24. The average Bonchev–Trinajstić information content (AvgIpc) is 3.13. The van der Waals surface area contributed by atoms with Crippen molar-refractivity contribution in [1.29, 1.82) is 0 Å². The molecule has 1 saturated heterocycles. The third kappa shape index (κ3) is 2.81. The summed E-state index contributed by atoms with van der Waals surface area (Å²) in [7, 11) is 0. The van der Waals surface area contributed by atoms with E-state index in [1.807, 2.05) is 6.07 Å². The van der Waals surface area contributed by atoms with Gasteiger partial charge in [0.1, 0.15) is 12.1 Å². The summed E-state index contributed by atoms with van der Waals surface area (Å²) in [6.07, 6.45) is 2.59. The zero-order chi connectivity index (χ0) is 16.5. The monoisotopic (exact) mass is 342 g/mol. The summed E-state index contributed by atoms with van der Waals surface area (Å²) >= 11 is 5.85. The van der Waals surface area contributed by atoms with Crippen LogP contribution in [0.5, 0.6) is 0 Å². The van der Waals surface area contributed by atoms with Crippen molar-refractivity contribution in [3.05, 3.63) is 59.1 Å². The number of aromatic nitrogens is 2. The molecule has 1 aliphatic rings. The van der Waals surface area contributed by atoms with Crippen molar-refractivity contribution < 1.29 is 4.39 Å². The maximum atomic E-state index is 14.2. The molecule has 1 aliphatic heterocycles. The molecule has 0 bridgehead atoms. The molecule has 0 aliphatic carbocycles. The molecule has 0 spiro atoms. The van der Waals surface area contributed by atoms with Gasteiger partial charge in [-0.15, -0.1) is 0 Å². The summed E-state index contributed by atoms with van der Waals surface area (Å²) < 4.78 is 14.2. The van der Waals surface area contributed by atoms with E-state index in [4.69, 9.17) is 11.6 Å². The average molecular weight is 343 g/mol. The lowest BCUT2D eigenvalue weighted by atomic mass is 9.97. The van der Waals surface area contributed by atoms with E-state index in [0.717, 1.165) is 30.4 Å². The Morgan fingerprint density at radius 3 is 2.96 bits per heavy atom. The molecule has 0 amide bonds. The molecule has 4 nitrogen and oxygen atoms in total. The quantitative estimate of drug-likeness (QED) is 0.747. The Morgan fingerprint density at radius 1 is 1.21 bits per heavy atom. The van der Waals surface area contributed by atoms with Crippen molar-refractivity contribution in [1.82, 2.24) is 15.3 Å². The van der Waals surface area contributed by atoms with Gasteiger partial charge in [-0.2, -0.15) is 0 Å². The van der Waals surface area contributed by atoms with Crippen LogP contribution in [-0.4, -0.2) is 23.1 Å². The first-order valence-corrected chi connectivity index (χ1v) is 8.26. The Kier molecular flexibility index (Phi) is 4.04. The predicted molar refractivity (Wildman–Crippen MR) is 94.5 cm³/mol. The molecule has 3 aromatic rings. The molecule has 0 saturated carbocycles. The Morgan fingerprint density at radius 2 is 2.12 bits per heavy atom. The highest BCUT2D eigenvalue weighted by atomic mass is 35.5. The van der Waals surface area contributed by atoms with Crippen molar-refractivity contribution in [3.8, 4) is 0 Å². The number of hydrogen-bond donors (Lipinski definition) is 2. The molecule has 122 valence electrons. The van der Waals surface area contributed by atoms with Gasteiger partial charge in [0.25, 0.3) is 0 Å². The largest absolute Gasteiger partial charge is 0.337 e. The molecular formula is C18H16ClFN4. The maximum Gasteiger partial charge on any atom is 0.165 e. The summed E-state index contributed by atoms with van der Waals surface area (Å²) in [4.78, 5) is 8.60. The van der Waals surface area contributed by atoms with Gasteiger partial charge >= 0.3 is 0 Å². The Balaban J connectivity index is 1.76. The van der Waals surface area contributed by atoms with Gasteiger partial charge < -0.3 is 10.6 Å². The Bertz CT molecular complexity index is 893. The molecular weight excluding hydrogens is 327 g/mol. The summed E-state index contributed by atoms with van der Waals surface area (Å²) in [6.45, 7) is 2.01. The molecule has 1 atom stereocenters. The van der Waals surface area contributed by atoms with Crippen LogP contribution in [0, 0.1) is 5.82 Å². The fourth-order valence-corrected chi connectivity index (χ4v) is 3.27. The lowest BCUT2D eigenvalue weighted by Gasteiger charge is -2.13. The lowest BCUT2D eigenvalue weighted by molar-refractivity contribution is 0.632. The topological polar surface area (TPSA) is 49.8 Å². The first-order chi connectivity index (χ1) is 11.7. The van der Waals surface area contributed by atoms with Crippen LogP contribution in [-0.2, 0) is 0 Å². The van der Waals surface area contributed by atoms with Crippen LogP contribution >= 0.6 is 11.6 Å². The normalized spacial score (nSPS) is 17.3. The number of nitrogens with one attached hydrogen (secondary N) is 2. The molecule has 2 aromatic carbocycles. The van der Waals surface area contributed by atoms with Gasteiger partial charge in [-0.25, -0.2) is 14.4 Å². The fraction of sp³-hybridized carbons (Fsp3) is 0.222. The van der Waals surface area contributed by atoms with Gasteiger partial charge in [-0.3, -0.25) is 0 Å². The number of halogens is 2. The summed E-state index contributed by atoms with van der Waals surface area (Å²) in [5.74, 6) is 0.585. The molecule has 0 radical (unpaired) electrons. The van der Waals surface area contributed by atoms with Gasteiger partial charge in [0.05, 0.1) is 16.2 Å². The highest BCUT2D eigenvalue weighted by molar-refractivity contribution is 6.31. The standard InChI is InChI=1S/C18H16ClFN4/c19-14-2-1-3-16(17(14)20)24-18-13-8-11(12-6-7-21-9-12)4-5-15(13)22-10-23-18/h1-5,8,10,12,21H,6-7,9H2,(H,22,23,24)/t12-/m0/s1. The predicted octanol–water partition coefficient (Wildman–Crippen LogP) is 4.24. The number of hydrogen-bond acceptors (Lipinski definition) is 4. The first kappa shape index (κ1) is 15.3. The lowest BCUT2D eigenvalue weighted by Crippen LogP contribution is -2.08. The number of rotatable bonds is 3. The molecule has 1 aromatic heterocycles. The molecule has 1 fully saturated rings. The molecule has 2 heterocycles. The highest BCUT2D eigenvalue weighted by Gasteiger charge is 2.18. The van der Waals surface area contributed by atoms with Crippen molar-refractivity contribution in [2.24, 2.45) is 0 Å². The van der Waals surface area contributed by atoms with Gasteiger partial charge in [-0.05, 0) is 48.7 Å². The number of fused-ring (bicyclic) bond motifs is 1. The van der Waals surface area contributed by atoms with Crippen molar-refractivity contribution >= 4 is 34.0 Å². The minimum Gasteiger partial charge on any atom is -0.337 e. The van der Waals surface area contributed by atoms with Crippen molar-refractivity contribution in [3.63, 3.8) is 0 Å². The summed E-state index contributed by atoms with van der Waals surface area (Å²) in [5, 5.41) is 7.38. The van der Waals surface area contributed by atoms with Crippen LogP contribution in [0.2, 0.25) is 5.02 Å². The van der Waals surface area contributed by atoms with Crippen LogP contribution < -0.4 is 10.6 Å². The Labute approximate surface area is 144 Å². The van der Waals surface area contributed by atoms with E-state index in [0.29, 0.717) is 17.4 Å². The van der Waals surface area contributed by atoms with E-state index in [2.05, 4.69) is 32.7 Å². The van der Waals surface area contributed by atoms with E-state index in [1.165, 1.54) is 18.0 Å². The van der Waals surface area contributed by atoms with E-state index in [-0.39, 0.29) is 5.02 Å². The molecule has 24 heavy (non-hydrogen) atoms. The summed E-state index contributed by atoms with van der Waals surface area (Å²) in [6, 6.07) is 11.1. The van der Waals surface area contributed by atoms with Gasteiger partial charge in [0.2, 0.25) is 0 Å². The van der Waals surface area contributed by atoms with E-state index >= 15 is 0 Å². The van der Waals surface area contributed by atoms with Crippen LogP contribution in [0.1, 0.15) is 17.9 Å². The van der Waals surface area contributed by atoms with Crippen LogP contribution in [0.25, 0.3) is 10.9 Å². The number of benzene rings is 2. The third-order valence-corrected chi connectivity index (χ3v) is 4.69. The van der Waals surface area contributed by atoms with Crippen molar-refractivity contribution in [2.45, 2.75) is 12.3 Å². The highest BCUT2D eigenvalue weighted by Crippen LogP contribution is 2.30. The van der Waals surface area contributed by atoms with Crippen LogP contribution in [0.4, 0.5) is 15.9 Å². The second-order valence-corrected chi connectivity index (χ2v) is 6.32. The zero-order valence-electron chi connectivity index (χ0n) is 12.9. The zero-order valence-corrected chi connectivity index (χ0v) is 13.6. The molecule has 2 N–H and O–H groups in total. The van der Waals surface area contributed by atoms with E-state index < -0.39 is 5.82 Å². The fourth-order valence-electron chi connectivity index (χ4n) is 3.09. The second-order valence-electron chi connectivity index (χ2n) is 5.91. The van der Waals surface area contributed by atoms with Gasteiger partial charge in [0, 0.05) is 11.9 Å². The van der Waals surface area contributed by atoms with Gasteiger partial charge in [0.15, 0.2) is 5.82 Å². The van der Waals surface area contributed by atoms with Crippen LogP contribution in [0.15, 0.2) is 42.7 Å². The minimum atomic E-state index is -0.484. The maximum absolute atomic E-state index is 14.2. The van der Waals surface area contributed by atoms with E-state index in [1.54, 1.807) is 12.1 Å². The first-order valence-electron chi connectivity index (χ1n) is 7.89.